The fourth-order valence-corrected chi connectivity index (χ4v) is 1.41. The van der Waals surface area contributed by atoms with E-state index in [4.69, 9.17) is 0 Å². The van der Waals surface area contributed by atoms with Crippen LogP contribution in [0.4, 0.5) is 0 Å². The predicted octanol–water partition coefficient (Wildman–Crippen LogP) is 5.83. The monoisotopic (exact) mass is 242 g/mol. The molecule has 0 N–H and O–H groups in total. The van der Waals surface area contributed by atoms with Gasteiger partial charge in [0.1, 0.15) is 0 Å². The Bertz CT molecular complexity index is 361. The van der Waals surface area contributed by atoms with Gasteiger partial charge in [0.05, 0.1) is 0 Å². The van der Waals surface area contributed by atoms with Gasteiger partial charge in [0.25, 0.3) is 0 Å². The van der Waals surface area contributed by atoms with Crippen LogP contribution in [0.2, 0.25) is 0 Å². The second kappa shape index (κ2) is 10.6. The minimum absolute atomic E-state index is 0.653. The first kappa shape index (κ1) is 16.4. The normalized spacial score (nSPS) is 8.78. The summed E-state index contributed by atoms with van der Waals surface area (Å²) in [5.41, 5.74) is 2.78. The molecular formula is C18H26. The molecule has 0 radical (unpaired) electrons. The van der Waals surface area contributed by atoms with Crippen LogP contribution < -0.4 is 0 Å². The Kier molecular flexibility index (Phi) is 9.67. The second-order valence-corrected chi connectivity index (χ2v) is 4.22. The van der Waals surface area contributed by atoms with Gasteiger partial charge in [-0.25, -0.2) is 0 Å². The summed E-state index contributed by atoms with van der Waals surface area (Å²) >= 11 is 0. The maximum absolute atomic E-state index is 2.24. The molecule has 0 spiro atoms. The predicted molar refractivity (Wildman–Crippen MR) is 83.1 cm³/mol. The topological polar surface area (TPSA) is 0 Å². The summed E-state index contributed by atoms with van der Waals surface area (Å²) in [6.45, 7) is 10.6. The lowest BCUT2D eigenvalue weighted by Gasteiger charge is -2.04. The average Bonchev–Trinajstić information content (AvgIpc) is 2.43. The van der Waals surface area contributed by atoms with Crippen molar-refractivity contribution < 1.29 is 0 Å². The van der Waals surface area contributed by atoms with Crippen molar-refractivity contribution in [3.05, 3.63) is 71.8 Å². The van der Waals surface area contributed by atoms with Gasteiger partial charge >= 0.3 is 0 Å². The minimum atomic E-state index is 0.653. The highest BCUT2D eigenvalue weighted by molar-refractivity contribution is 5.24. The van der Waals surface area contributed by atoms with Gasteiger partial charge in [-0.3, -0.25) is 0 Å². The van der Waals surface area contributed by atoms with Gasteiger partial charge in [0.15, 0.2) is 0 Å². The highest BCUT2D eigenvalue weighted by Gasteiger charge is 1.96. The van der Waals surface area contributed by atoms with Crippen LogP contribution in [0.5, 0.6) is 0 Å². The van der Waals surface area contributed by atoms with E-state index in [-0.39, 0.29) is 0 Å². The van der Waals surface area contributed by atoms with E-state index in [1.807, 2.05) is 50.2 Å². The van der Waals surface area contributed by atoms with Gasteiger partial charge in [-0.2, -0.15) is 0 Å². The smallest absolute Gasteiger partial charge is 0.0219 e. The van der Waals surface area contributed by atoms with Crippen LogP contribution in [-0.2, 0) is 0 Å². The average molecular weight is 242 g/mol. The molecule has 0 heterocycles. The molecule has 2 aromatic carbocycles. The van der Waals surface area contributed by atoms with E-state index in [1.165, 1.54) is 11.1 Å². The number of benzene rings is 2. The molecule has 0 aromatic heterocycles. The maximum Gasteiger partial charge on any atom is -0.0219 e. The molecule has 0 amide bonds. The molecule has 0 fully saturated rings. The highest BCUT2D eigenvalue weighted by Crippen LogP contribution is 2.14. The van der Waals surface area contributed by atoms with E-state index in [0.717, 1.165) is 0 Å². The summed E-state index contributed by atoms with van der Waals surface area (Å²) in [4.78, 5) is 0. The molecule has 0 aliphatic carbocycles. The standard InChI is InChI=1S/C10H14.C6H6.C2H6/c1-8(2)10-6-4-5-9(3)7-10;1-2-4-6-5-3-1;1-2/h4-8H,1-3H3;1-6H;1-2H3. The number of hydrogen-bond acceptors (Lipinski definition) is 0. The Labute approximate surface area is 113 Å². The van der Waals surface area contributed by atoms with Gasteiger partial charge in [0.2, 0.25) is 0 Å². The summed E-state index contributed by atoms with van der Waals surface area (Å²) in [7, 11) is 0. The van der Waals surface area contributed by atoms with Crippen LogP contribution in [0.15, 0.2) is 60.7 Å². The molecule has 0 heteroatoms. The van der Waals surface area contributed by atoms with Crippen molar-refractivity contribution in [1.29, 1.82) is 0 Å². The van der Waals surface area contributed by atoms with Crippen LogP contribution in [0, 0.1) is 6.92 Å². The Hall–Kier alpha value is -1.56. The molecule has 0 atom stereocenters. The third-order valence-electron chi connectivity index (χ3n) is 2.38. The van der Waals surface area contributed by atoms with Gasteiger partial charge in [0, 0.05) is 0 Å². The summed E-state index contributed by atoms with van der Waals surface area (Å²) in [5, 5.41) is 0. The largest absolute Gasteiger partial charge is 0.0683 e. The van der Waals surface area contributed by atoms with Crippen molar-refractivity contribution in [2.75, 3.05) is 0 Å². The first-order valence-electron chi connectivity index (χ1n) is 6.76. The SMILES string of the molecule is CC.Cc1cccc(C(C)C)c1.c1ccccc1. The van der Waals surface area contributed by atoms with Crippen LogP contribution in [0.25, 0.3) is 0 Å². The van der Waals surface area contributed by atoms with E-state index >= 15 is 0 Å². The van der Waals surface area contributed by atoms with E-state index in [0.29, 0.717) is 5.92 Å². The maximum atomic E-state index is 2.24. The number of rotatable bonds is 1. The quantitative estimate of drug-likeness (QED) is 0.590. The molecule has 0 bridgehead atoms. The summed E-state index contributed by atoms with van der Waals surface area (Å²) in [6.07, 6.45) is 0. The van der Waals surface area contributed by atoms with E-state index in [2.05, 4.69) is 45.0 Å². The summed E-state index contributed by atoms with van der Waals surface area (Å²) in [6, 6.07) is 20.7. The van der Waals surface area contributed by atoms with Crippen molar-refractivity contribution >= 4 is 0 Å². The van der Waals surface area contributed by atoms with Crippen molar-refractivity contribution in [2.45, 2.75) is 40.5 Å². The molecule has 2 rings (SSSR count). The Balaban J connectivity index is 0.000000308. The van der Waals surface area contributed by atoms with E-state index < -0.39 is 0 Å². The Morgan fingerprint density at radius 1 is 0.722 bits per heavy atom. The molecule has 98 valence electrons. The highest BCUT2D eigenvalue weighted by atomic mass is 14.0. The van der Waals surface area contributed by atoms with Crippen LogP contribution in [0.1, 0.15) is 44.7 Å². The molecule has 0 aliphatic heterocycles. The zero-order valence-corrected chi connectivity index (χ0v) is 12.4. The lowest BCUT2D eigenvalue weighted by atomic mass is 10.0. The third-order valence-corrected chi connectivity index (χ3v) is 2.38. The summed E-state index contributed by atoms with van der Waals surface area (Å²) < 4.78 is 0. The second-order valence-electron chi connectivity index (χ2n) is 4.22. The molecule has 2 aromatic rings. The lowest BCUT2D eigenvalue weighted by molar-refractivity contribution is 0.865. The molecular weight excluding hydrogens is 216 g/mol. The minimum Gasteiger partial charge on any atom is -0.0683 e. The zero-order chi connectivity index (χ0) is 13.8. The van der Waals surface area contributed by atoms with Crippen LogP contribution in [0.3, 0.4) is 0 Å². The lowest BCUT2D eigenvalue weighted by Crippen LogP contribution is -1.86. The number of hydrogen-bond donors (Lipinski definition) is 0. The first-order chi connectivity index (χ1) is 8.70. The molecule has 18 heavy (non-hydrogen) atoms. The van der Waals surface area contributed by atoms with Gasteiger partial charge < -0.3 is 0 Å². The fraction of sp³-hybridized carbons (Fsp3) is 0.333. The van der Waals surface area contributed by atoms with Crippen LogP contribution in [-0.4, -0.2) is 0 Å². The van der Waals surface area contributed by atoms with Gasteiger partial charge in [-0.05, 0) is 18.4 Å². The zero-order valence-electron chi connectivity index (χ0n) is 12.4. The van der Waals surface area contributed by atoms with Crippen molar-refractivity contribution in [1.82, 2.24) is 0 Å². The first-order valence-corrected chi connectivity index (χ1v) is 6.76. The van der Waals surface area contributed by atoms with Gasteiger partial charge in [-0.15, -0.1) is 0 Å². The van der Waals surface area contributed by atoms with Crippen LogP contribution >= 0.6 is 0 Å². The summed E-state index contributed by atoms with van der Waals surface area (Å²) in [5.74, 6) is 0.653. The Morgan fingerprint density at radius 2 is 1.17 bits per heavy atom. The molecule has 0 saturated heterocycles. The fourth-order valence-electron chi connectivity index (χ4n) is 1.41. The third kappa shape index (κ3) is 7.67. The molecule has 0 nitrogen and oxygen atoms in total. The molecule has 0 saturated carbocycles. The molecule has 0 aliphatic rings. The number of aryl methyl sites for hydroxylation is 1. The van der Waals surface area contributed by atoms with E-state index in [9.17, 15) is 0 Å². The van der Waals surface area contributed by atoms with Gasteiger partial charge in [-0.1, -0.05) is 93.9 Å². The Morgan fingerprint density at radius 3 is 1.44 bits per heavy atom. The van der Waals surface area contributed by atoms with E-state index in [1.54, 1.807) is 0 Å². The van der Waals surface area contributed by atoms with Crippen molar-refractivity contribution in [3.63, 3.8) is 0 Å². The van der Waals surface area contributed by atoms with Crippen molar-refractivity contribution in [3.8, 4) is 0 Å². The van der Waals surface area contributed by atoms with Crippen molar-refractivity contribution in [2.24, 2.45) is 0 Å². The molecule has 0 unspecified atom stereocenters.